The van der Waals surface area contributed by atoms with E-state index in [4.69, 9.17) is 25.9 Å². The molecule has 344 valence electrons. The normalized spacial score (nSPS) is 14.2. The number of nitrogens with one attached hydrogen (secondary N) is 2. The summed E-state index contributed by atoms with van der Waals surface area (Å²) < 4.78 is 10.4. The van der Waals surface area contributed by atoms with Crippen molar-refractivity contribution in [2.24, 2.45) is 0 Å². The fourth-order valence-corrected chi connectivity index (χ4v) is 7.77. The molecule has 10 heteroatoms. The molecule has 2 aliphatic heterocycles. The van der Waals surface area contributed by atoms with Gasteiger partial charge >= 0.3 is 35.0 Å². The van der Waals surface area contributed by atoms with Crippen LogP contribution < -0.4 is 19.9 Å². The van der Waals surface area contributed by atoms with Crippen LogP contribution in [0.2, 0.25) is 0 Å². The van der Waals surface area contributed by atoms with Crippen molar-refractivity contribution in [3.8, 4) is 119 Å². The van der Waals surface area contributed by atoms with Gasteiger partial charge in [0.2, 0.25) is 11.4 Å². The second kappa shape index (κ2) is 22.1. The van der Waals surface area contributed by atoms with Crippen molar-refractivity contribution < 1.29 is 60.9 Å². The first-order chi connectivity index (χ1) is 31.0. The molecule has 5 heterocycles. The zero-order chi connectivity index (χ0) is 45.8. The number of ether oxygens (including phenoxy) is 2. The molecule has 3 aromatic heterocycles. The molecule has 0 saturated heterocycles. The van der Waals surface area contributed by atoms with Gasteiger partial charge in [-0.2, -0.15) is 0 Å². The van der Waals surface area contributed by atoms with Crippen molar-refractivity contribution in [3.05, 3.63) is 75.4 Å². The zero-order valence-corrected chi connectivity index (χ0v) is 38.0. The number of carbonyl (C=O) groups excluding carboxylic acids is 3. The van der Waals surface area contributed by atoms with Gasteiger partial charge in [-0.15, -0.1) is 28.5 Å². The number of H-pyrrole nitrogens is 2. The van der Waals surface area contributed by atoms with Crippen LogP contribution in [0.15, 0.2) is 24.8 Å². The maximum absolute atomic E-state index is 14.3. The average molecular weight is 896 g/mol. The van der Waals surface area contributed by atoms with Gasteiger partial charge in [-0.05, 0) is 105 Å². The van der Waals surface area contributed by atoms with Gasteiger partial charge in [-0.1, -0.05) is 37.6 Å². The van der Waals surface area contributed by atoms with E-state index >= 15 is 0 Å². The summed E-state index contributed by atoms with van der Waals surface area (Å²) in [4.78, 5) is 58.2. The van der Waals surface area contributed by atoms with Crippen LogP contribution >= 0.6 is 0 Å². The first-order valence-electron chi connectivity index (χ1n) is 19.9. The number of hydrogen-bond donors (Lipinski definition) is 0. The third-order valence-electron chi connectivity index (χ3n) is 10.9. The summed E-state index contributed by atoms with van der Waals surface area (Å²) in [6, 6.07) is 5.97. The van der Waals surface area contributed by atoms with Crippen LogP contribution in [0.25, 0.3) is 39.3 Å². The summed E-state index contributed by atoms with van der Waals surface area (Å²) in [5.41, 5.74) is 11.2. The summed E-state index contributed by atoms with van der Waals surface area (Å²) >= 11 is 0. The number of hydrogen-bond acceptors (Lipinski definition) is 5. The minimum absolute atomic E-state index is 0. The standard InChI is InChI=1S/C55H35N4O5.Mg.19H2/c1-9-12-13-14-15-16-17-18-19-20-21-22-23-24-25-26-27-28-31-64-48(60)30-29-41-37(6)44-32-42-35(4)39(10-2)46(56-42)33-43-36(5)40(11-3)47(57-43)34-45-38(7)49-53(59-45)50(52(41)58-44)51(54(49)61)55(62)63-8;;;;;;;;;;;;;;;;;;;;/h1,10,32-34,37,41,51H,2,11,29-30H2,3-8H3,(H-,56,57,58,59,61);;19*1H/q-1;+2;;;;;;;;;;;;;;;;;;;/p+1/t37?,41-,51?;;;;;;;;;;;;;;;;;;;;/m0..................../s1. The molecule has 3 aliphatic rings. The number of Topliss-reactive ketones (excluding diaryl/α,β-unsaturated/α-hetero) is 1. The second-order valence-corrected chi connectivity index (χ2v) is 14.3. The van der Waals surface area contributed by atoms with Gasteiger partial charge in [0.05, 0.1) is 18.9 Å². The van der Waals surface area contributed by atoms with E-state index in [9.17, 15) is 14.4 Å². The van der Waals surface area contributed by atoms with E-state index in [0.717, 1.165) is 56.8 Å². The summed E-state index contributed by atoms with van der Waals surface area (Å²) in [7, 11) is 1.26. The van der Waals surface area contributed by atoms with Crippen LogP contribution in [-0.4, -0.2) is 47.9 Å². The van der Waals surface area contributed by atoms with Gasteiger partial charge in [-0.25, -0.2) is 9.97 Å². The predicted molar refractivity (Wildman–Crippen MR) is 289 cm³/mol. The molecule has 0 spiro atoms. The number of methoxy groups -OCH3 is 1. The fraction of sp³-hybridized carbons (Fsp3) is 0.218. The van der Waals surface area contributed by atoms with Crippen molar-refractivity contribution in [2.45, 2.75) is 71.6 Å². The Hall–Kier alpha value is -8.42. The molecule has 0 fully saturated rings. The molecule has 9 nitrogen and oxygen atoms in total. The Morgan fingerprint density at radius 3 is 1.95 bits per heavy atom. The maximum atomic E-state index is 14.3. The van der Waals surface area contributed by atoms with Gasteiger partial charge in [0.15, 0.2) is 17.2 Å². The van der Waals surface area contributed by atoms with Crippen LogP contribution in [0.3, 0.4) is 0 Å². The van der Waals surface area contributed by atoms with Gasteiger partial charge in [0.1, 0.15) is 12.0 Å². The van der Waals surface area contributed by atoms with Gasteiger partial charge < -0.3 is 19.4 Å². The molecule has 2 N–H and O–H groups in total. The number of aryl methyl sites for hydroxylation is 2. The number of rotatable bonds is 6. The molecular weight excluding hydrogens is 821 g/mol. The Morgan fingerprint density at radius 1 is 0.815 bits per heavy atom. The van der Waals surface area contributed by atoms with Crippen molar-refractivity contribution in [3.63, 3.8) is 0 Å². The Morgan fingerprint density at radius 2 is 1.38 bits per heavy atom. The first kappa shape index (κ1) is 47.6. The molecule has 1 aliphatic carbocycles. The van der Waals surface area contributed by atoms with Crippen molar-refractivity contribution in [1.82, 2.24) is 9.97 Å². The molecular formula is C55H74MgN4O5+2. The van der Waals surface area contributed by atoms with Gasteiger partial charge in [0, 0.05) is 115 Å². The molecule has 0 aromatic carbocycles. The van der Waals surface area contributed by atoms with E-state index in [1.807, 2.05) is 39.0 Å². The van der Waals surface area contributed by atoms with Gasteiger partial charge in [0.25, 0.3) is 0 Å². The van der Waals surface area contributed by atoms with Crippen LogP contribution in [0.1, 0.15) is 140 Å². The molecule has 0 amide bonds. The number of fused-ring (bicyclic) bond motifs is 8. The van der Waals surface area contributed by atoms with Gasteiger partial charge in [-0.3, -0.25) is 14.4 Å². The Labute approximate surface area is 423 Å². The molecule has 8 bridgehead atoms. The number of esters is 2. The molecule has 0 saturated carbocycles. The summed E-state index contributed by atoms with van der Waals surface area (Å²) in [6.45, 7) is 14.1. The molecule has 65 heavy (non-hydrogen) atoms. The number of carbonyl (C=O) groups is 3. The Balaban J connectivity index is -0.000000183. The van der Waals surface area contributed by atoms with Crippen LogP contribution in [0.5, 0.6) is 0 Å². The summed E-state index contributed by atoms with van der Waals surface area (Å²) in [5, 5.41) is 0. The number of nitrogens with zero attached hydrogens (tertiary/aromatic N) is 2. The first-order valence-corrected chi connectivity index (χ1v) is 19.9. The fourth-order valence-electron chi connectivity index (χ4n) is 7.77. The summed E-state index contributed by atoms with van der Waals surface area (Å²) in [5.74, 6) is 40.8. The minimum atomic E-state index is -1.25. The maximum Gasteiger partial charge on any atom is 2.00 e. The molecule has 3 atom stereocenters. The molecule has 2 unspecified atom stereocenters. The number of aromatic amines is 2. The van der Waals surface area contributed by atoms with Crippen LogP contribution in [0.4, 0.5) is 0 Å². The van der Waals surface area contributed by atoms with Crippen LogP contribution in [-0.2, 0) is 19.1 Å². The zero-order valence-electron chi connectivity index (χ0n) is 36.6. The van der Waals surface area contributed by atoms with Crippen molar-refractivity contribution in [1.29, 1.82) is 0 Å². The minimum Gasteiger partial charge on any atom is -0.657 e. The van der Waals surface area contributed by atoms with E-state index in [0.29, 0.717) is 33.4 Å². The molecule has 3 aromatic rings. The number of terminal acetylenes is 1. The number of aromatic nitrogens is 4. The third kappa shape index (κ3) is 10.4. The van der Waals surface area contributed by atoms with Crippen molar-refractivity contribution >= 4 is 80.1 Å². The third-order valence-corrected chi connectivity index (χ3v) is 10.9. The van der Waals surface area contributed by atoms with E-state index in [1.165, 1.54) is 7.11 Å². The predicted octanol–water partition coefficient (Wildman–Crippen LogP) is 9.59. The van der Waals surface area contributed by atoms with E-state index in [2.05, 4.69) is 143 Å². The largest absolute Gasteiger partial charge is 2.00 e. The van der Waals surface area contributed by atoms with E-state index in [-0.39, 0.29) is 80.6 Å². The SMILES string of the molecule is C#CC#CC#CC#CC#CC#CC#CC#CC#CC#COC(=O)CC[C@@H]1c2[nH+]c(cc3[n-]c(cc4[nH+]c(cc5[n-]c6c(c5C)C(=O)C(C(=O)OC)c26)C(CC)=C4C)c(C=C)c3C)C1C.[HH].[HH].[HH].[HH].[HH].[HH].[HH].[HH].[HH].[HH].[HH].[HH].[HH].[HH].[HH].[HH].[HH].[HH].[HH].[Mg+2]. The molecule has 0 radical (unpaired) electrons. The number of allylic oxidation sites excluding steroid dienone is 2. The van der Waals surface area contributed by atoms with Crippen LogP contribution in [0, 0.1) is 133 Å². The average Bonchev–Trinajstić information content (AvgIpc) is 4.03. The Kier molecular flexibility index (Phi) is 16.2. The monoisotopic (exact) mass is 895 g/mol. The van der Waals surface area contributed by atoms with E-state index < -0.39 is 17.9 Å². The smallest absolute Gasteiger partial charge is 0.657 e. The van der Waals surface area contributed by atoms with Crippen molar-refractivity contribution in [2.75, 3.05) is 7.11 Å². The second-order valence-electron chi connectivity index (χ2n) is 14.3. The number of ketones is 1. The quantitative estimate of drug-likeness (QED) is 0.104. The van der Waals surface area contributed by atoms with E-state index in [1.54, 1.807) is 6.08 Å². The summed E-state index contributed by atoms with van der Waals surface area (Å²) in [6.07, 6.45) is 10.1. The Bertz CT molecular complexity index is 3510. The molecule has 6 rings (SSSR count). The topological polar surface area (TPSA) is 126 Å².